The van der Waals surface area contributed by atoms with Crippen LogP contribution in [0, 0.1) is 0 Å². The molecule has 1 atom stereocenters. The number of carbonyl (C=O) groups is 1. The van der Waals surface area contributed by atoms with Crippen LogP contribution in [-0.2, 0) is 4.79 Å². The van der Waals surface area contributed by atoms with Crippen LogP contribution >= 0.6 is 0 Å². The molecule has 3 nitrogen and oxygen atoms in total. The van der Waals surface area contributed by atoms with Gasteiger partial charge in [-0.25, -0.2) is 0 Å². The number of benzene rings is 1. The largest absolute Gasteiger partial charge is 0.352 e. The monoisotopic (exact) mass is 234 g/mol. The summed E-state index contributed by atoms with van der Waals surface area (Å²) < 4.78 is 0. The maximum Gasteiger partial charge on any atom is 0.241 e. The minimum atomic E-state index is -0.279. The third kappa shape index (κ3) is 4.57. The first kappa shape index (κ1) is 13.7. The molecule has 0 saturated heterocycles. The van der Waals surface area contributed by atoms with E-state index in [1.54, 1.807) is 0 Å². The molecule has 0 aliphatic carbocycles. The van der Waals surface area contributed by atoms with Crippen molar-refractivity contribution in [2.24, 2.45) is 0 Å². The van der Waals surface area contributed by atoms with Gasteiger partial charge >= 0.3 is 0 Å². The molecule has 0 fully saturated rings. The van der Waals surface area contributed by atoms with Crippen molar-refractivity contribution in [2.75, 3.05) is 0 Å². The zero-order valence-corrected chi connectivity index (χ0v) is 11.0. The van der Waals surface area contributed by atoms with Gasteiger partial charge in [0, 0.05) is 12.1 Å². The molecule has 0 spiro atoms. The van der Waals surface area contributed by atoms with Gasteiger partial charge in [-0.05, 0) is 33.3 Å². The fourth-order valence-electron chi connectivity index (χ4n) is 1.67. The summed E-state index contributed by atoms with van der Waals surface area (Å²) in [4.78, 5) is 12.1. The minimum absolute atomic E-state index is 0.0277. The van der Waals surface area contributed by atoms with Crippen LogP contribution in [0.15, 0.2) is 30.3 Å². The van der Waals surface area contributed by atoms with E-state index in [9.17, 15) is 4.79 Å². The van der Waals surface area contributed by atoms with Gasteiger partial charge < -0.3 is 5.32 Å². The molecule has 17 heavy (non-hydrogen) atoms. The van der Waals surface area contributed by atoms with Crippen molar-refractivity contribution < 1.29 is 4.79 Å². The van der Waals surface area contributed by atoms with E-state index in [4.69, 9.17) is 0 Å². The smallest absolute Gasteiger partial charge is 0.241 e. The summed E-state index contributed by atoms with van der Waals surface area (Å²) in [5, 5.41) is 6.23. The summed E-state index contributed by atoms with van der Waals surface area (Å²) >= 11 is 0. The molecule has 1 unspecified atom stereocenters. The molecule has 2 N–H and O–H groups in total. The first-order valence-corrected chi connectivity index (χ1v) is 6.12. The summed E-state index contributed by atoms with van der Waals surface area (Å²) in [7, 11) is 0. The van der Waals surface area contributed by atoms with Gasteiger partial charge in [-0.2, -0.15) is 0 Å². The molecular weight excluding hydrogens is 212 g/mol. The van der Waals surface area contributed by atoms with E-state index in [-0.39, 0.29) is 24.0 Å². The first-order valence-electron chi connectivity index (χ1n) is 6.12. The highest BCUT2D eigenvalue weighted by molar-refractivity contribution is 5.83. The van der Waals surface area contributed by atoms with Crippen molar-refractivity contribution >= 4 is 5.91 Å². The van der Waals surface area contributed by atoms with E-state index in [1.807, 2.05) is 58.0 Å². The predicted molar refractivity (Wildman–Crippen MR) is 70.7 cm³/mol. The van der Waals surface area contributed by atoms with Crippen LogP contribution in [0.25, 0.3) is 0 Å². The molecule has 0 aliphatic heterocycles. The van der Waals surface area contributed by atoms with Crippen molar-refractivity contribution in [3.63, 3.8) is 0 Å². The van der Waals surface area contributed by atoms with Crippen molar-refractivity contribution in [3.8, 4) is 0 Å². The topological polar surface area (TPSA) is 41.1 Å². The van der Waals surface area contributed by atoms with Crippen LogP contribution in [0.4, 0.5) is 0 Å². The lowest BCUT2D eigenvalue weighted by Crippen LogP contribution is -2.42. The Morgan fingerprint density at radius 1 is 1.00 bits per heavy atom. The standard InChI is InChI=1S/C14H22N2O/c1-10(2)15-13(14(17)16-11(3)4)12-8-6-5-7-9-12/h5-11,13,15H,1-4H3,(H,16,17). The average molecular weight is 234 g/mol. The van der Waals surface area contributed by atoms with E-state index in [2.05, 4.69) is 10.6 Å². The lowest BCUT2D eigenvalue weighted by atomic mass is 10.1. The highest BCUT2D eigenvalue weighted by Crippen LogP contribution is 2.13. The lowest BCUT2D eigenvalue weighted by Gasteiger charge is -2.22. The quantitative estimate of drug-likeness (QED) is 0.820. The highest BCUT2D eigenvalue weighted by atomic mass is 16.2. The van der Waals surface area contributed by atoms with Gasteiger partial charge in [0.1, 0.15) is 6.04 Å². The highest BCUT2D eigenvalue weighted by Gasteiger charge is 2.21. The van der Waals surface area contributed by atoms with E-state index in [1.165, 1.54) is 0 Å². The summed E-state index contributed by atoms with van der Waals surface area (Å²) in [6.07, 6.45) is 0. The number of nitrogens with one attached hydrogen (secondary N) is 2. The number of rotatable bonds is 5. The van der Waals surface area contributed by atoms with Gasteiger partial charge in [0.25, 0.3) is 0 Å². The van der Waals surface area contributed by atoms with Crippen LogP contribution in [0.2, 0.25) is 0 Å². The Morgan fingerprint density at radius 2 is 1.59 bits per heavy atom. The van der Waals surface area contributed by atoms with Crippen molar-refractivity contribution in [3.05, 3.63) is 35.9 Å². The predicted octanol–water partition coefficient (Wildman–Crippen LogP) is 2.25. The Hall–Kier alpha value is -1.35. The maximum absolute atomic E-state index is 12.1. The molecule has 0 heterocycles. The summed E-state index contributed by atoms with van der Waals surface area (Å²) in [5.74, 6) is 0.0277. The van der Waals surface area contributed by atoms with Gasteiger partial charge in [-0.3, -0.25) is 10.1 Å². The van der Waals surface area contributed by atoms with Crippen LogP contribution in [0.3, 0.4) is 0 Å². The van der Waals surface area contributed by atoms with Crippen LogP contribution < -0.4 is 10.6 Å². The van der Waals surface area contributed by atoms with E-state index in [0.29, 0.717) is 0 Å². The molecule has 1 rings (SSSR count). The minimum Gasteiger partial charge on any atom is -0.352 e. The molecular formula is C14H22N2O. The van der Waals surface area contributed by atoms with E-state index >= 15 is 0 Å². The fourth-order valence-corrected chi connectivity index (χ4v) is 1.67. The molecule has 0 saturated carbocycles. The lowest BCUT2D eigenvalue weighted by molar-refractivity contribution is -0.124. The third-order valence-electron chi connectivity index (χ3n) is 2.33. The van der Waals surface area contributed by atoms with Crippen LogP contribution in [-0.4, -0.2) is 18.0 Å². The number of hydrogen-bond acceptors (Lipinski definition) is 2. The molecule has 0 bridgehead atoms. The van der Waals surface area contributed by atoms with Gasteiger partial charge in [0.15, 0.2) is 0 Å². The molecule has 0 aliphatic rings. The summed E-state index contributed by atoms with van der Waals surface area (Å²) in [6.45, 7) is 8.02. The van der Waals surface area contributed by atoms with Gasteiger partial charge in [-0.15, -0.1) is 0 Å². The third-order valence-corrected chi connectivity index (χ3v) is 2.33. The summed E-state index contributed by atoms with van der Waals surface area (Å²) in [5.41, 5.74) is 0.999. The fraction of sp³-hybridized carbons (Fsp3) is 0.500. The Balaban J connectivity index is 2.84. The molecule has 0 aromatic heterocycles. The molecule has 1 aromatic rings. The Labute approximate surface area is 104 Å². The normalized spacial score (nSPS) is 12.8. The molecule has 1 amide bonds. The summed E-state index contributed by atoms with van der Waals surface area (Å²) in [6, 6.07) is 9.94. The van der Waals surface area contributed by atoms with Crippen LogP contribution in [0.5, 0.6) is 0 Å². The van der Waals surface area contributed by atoms with Gasteiger partial charge in [0.2, 0.25) is 5.91 Å². The van der Waals surface area contributed by atoms with Gasteiger partial charge in [-0.1, -0.05) is 30.3 Å². The average Bonchev–Trinajstić information content (AvgIpc) is 2.25. The Kier molecular flexibility index (Phi) is 5.16. The van der Waals surface area contributed by atoms with Crippen molar-refractivity contribution in [1.29, 1.82) is 0 Å². The Morgan fingerprint density at radius 3 is 2.06 bits per heavy atom. The zero-order chi connectivity index (χ0) is 12.8. The molecule has 1 aromatic carbocycles. The molecule has 3 heteroatoms. The first-order chi connectivity index (χ1) is 8.00. The zero-order valence-electron chi connectivity index (χ0n) is 11.0. The van der Waals surface area contributed by atoms with Crippen molar-refractivity contribution in [2.45, 2.75) is 45.8 Å². The van der Waals surface area contributed by atoms with Crippen molar-refractivity contribution in [1.82, 2.24) is 10.6 Å². The molecule has 0 radical (unpaired) electrons. The van der Waals surface area contributed by atoms with E-state index in [0.717, 1.165) is 5.56 Å². The second-order valence-corrected chi connectivity index (χ2v) is 4.83. The number of amides is 1. The van der Waals surface area contributed by atoms with Crippen LogP contribution in [0.1, 0.15) is 39.3 Å². The second kappa shape index (κ2) is 6.40. The number of carbonyl (C=O) groups excluding carboxylic acids is 1. The van der Waals surface area contributed by atoms with Gasteiger partial charge in [0.05, 0.1) is 0 Å². The van der Waals surface area contributed by atoms with E-state index < -0.39 is 0 Å². The SMILES string of the molecule is CC(C)NC(=O)C(NC(C)C)c1ccccc1. The number of hydrogen-bond donors (Lipinski definition) is 2. The Bertz CT molecular complexity index is 346. The molecule has 94 valence electrons. The second-order valence-electron chi connectivity index (χ2n) is 4.83. The maximum atomic E-state index is 12.1.